The summed E-state index contributed by atoms with van der Waals surface area (Å²) in [5.41, 5.74) is 1.58. The van der Waals surface area contributed by atoms with Crippen molar-refractivity contribution in [3.8, 4) is 0 Å². The Bertz CT molecular complexity index is 542. The fourth-order valence-electron chi connectivity index (χ4n) is 2.18. The van der Waals surface area contributed by atoms with Crippen LogP contribution in [0.1, 0.15) is 35.5 Å². The Morgan fingerprint density at radius 3 is 2.71 bits per heavy atom. The lowest BCUT2D eigenvalue weighted by atomic mass is 9.97. The number of hydrogen-bond donors (Lipinski definition) is 0. The zero-order valence-electron chi connectivity index (χ0n) is 10.1. The van der Waals surface area contributed by atoms with Crippen molar-refractivity contribution in [2.24, 2.45) is 0 Å². The second-order valence-electron chi connectivity index (χ2n) is 4.03. The van der Waals surface area contributed by atoms with Crippen molar-refractivity contribution in [3.05, 3.63) is 45.6 Å². The van der Waals surface area contributed by atoms with Crippen LogP contribution in [0.25, 0.3) is 0 Å². The van der Waals surface area contributed by atoms with E-state index in [1.807, 2.05) is 13.8 Å². The number of carbonyl (C=O) groups excluding carboxylic acids is 1. The minimum Gasteiger partial charge on any atom is -0.427 e. The van der Waals surface area contributed by atoms with Crippen LogP contribution >= 0.6 is 0 Å². The summed E-state index contributed by atoms with van der Waals surface area (Å²) in [6.07, 6.45) is 1.07. The van der Waals surface area contributed by atoms with E-state index in [1.165, 1.54) is 6.07 Å². The zero-order valence-corrected chi connectivity index (χ0v) is 10.1. The number of allylic oxidation sites excluding steroid dienone is 1. The molecule has 0 N–H and O–H groups in total. The van der Waals surface area contributed by atoms with Crippen molar-refractivity contribution >= 4 is 5.91 Å². The lowest BCUT2D eigenvalue weighted by Gasteiger charge is -2.29. The number of fused-ring (bicyclic) bond motifs is 1. The van der Waals surface area contributed by atoms with E-state index in [0.29, 0.717) is 36.4 Å². The van der Waals surface area contributed by atoms with E-state index in [1.54, 1.807) is 4.90 Å². The molecule has 2 heterocycles. The SMILES string of the molecule is C=C1Cc2oc(=O)cc(CC)c2C(=O)N1CC. The molecule has 0 aromatic carbocycles. The topological polar surface area (TPSA) is 50.5 Å². The van der Waals surface area contributed by atoms with Crippen molar-refractivity contribution in [3.63, 3.8) is 0 Å². The van der Waals surface area contributed by atoms with E-state index in [9.17, 15) is 9.59 Å². The predicted octanol–water partition coefficient (Wildman–Crippen LogP) is 1.73. The molecule has 0 radical (unpaired) electrons. The van der Waals surface area contributed by atoms with Crippen molar-refractivity contribution in [2.75, 3.05) is 6.54 Å². The summed E-state index contributed by atoms with van der Waals surface area (Å²) in [4.78, 5) is 25.2. The van der Waals surface area contributed by atoms with Gasteiger partial charge in [0.2, 0.25) is 0 Å². The molecule has 0 saturated heterocycles. The van der Waals surface area contributed by atoms with Crippen LogP contribution in [0.15, 0.2) is 27.6 Å². The Hall–Kier alpha value is -1.84. The van der Waals surface area contributed by atoms with Crippen LogP contribution < -0.4 is 5.63 Å². The van der Waals surface area contributed by atoms with Crippen LogP contribution in [-0.4, -0.2) is 17.4 Å². The van der Waals surface area contributed by atoms with Crippen LogP contribution in [0.3, 0.4) is 0 Å². The highest BCUT2D eigenvalue weighted by atomic mass is 16.4. The molecule has 0 bridgehead atoms. The van der Waals surface area contributed by atoms with Gasteiger partial charge in [0.15, 0.2) is 0 Å². The van der Waals surface area contributed by atoms with Crippen molar-refractivity contribution in [1.82, 2.24) is 4.90 Å². The first kappa shape index (κ1) is 11.6. The number of amides is 1. The average Bonchev–Trinajstić information content (AvgIpc) is 2.27. The number of likely N-dealkylation sites (N-methyl/N-ethyl adjacent to an activating group) is 1. The van der Waals surface area contributed by atoms with Crippen LogP contribution in [0.4, 0.5) is 0 Å². The summed E-state index contributed by atoms with van der Waals surface area (Å²) < 4.78 is 5.11. The molecule has 0 spiro atoms. The maximum Gasteiger partial charge on any atom is 0.336 e. The quantitative estimate of drug-likeness (QED) is 0.781. The maximum atomic E-state index is 12.3. The lowest BCUT2D eigenvalue weighted by molar-refractivity contribution is 0.0788. The molecule has 1 amide bonds. The summed E-state index contributed by atoms with van der Waals surface area (Å²) in [6.45, 7) is 8.25. The fraction of sp³-hybridized carbons (Fsp3) is 0.385. The monoisotopic (exact) mass is 233 g/mol. The summed E-state index contributed by atoms with van der Waals surface area (Å²) >= 11 is 0. The van der Waals surface area contributed by atoms with Gasteiger partial charge in [0, 0.05) is 24.7 Å². The summed E-state index contributed by atoms with van der Waals surface area (Å²) in [5.74, 6) is 0.341. The van der Waals surface area contributed by atoms with Crippen molar-refractivity contribution < 1.29 is 9.21 Å². The van der Waals surface area contributed by atoms with Crippen molar-refractivity contribution in [2.45, 2.75) is 26.7 Å². The fourth-order valence-corrected chi connectivity index (χ4v) is 2.18. The highest BCUT2D eigenvalue weighted by molar-refractivity contribution is 5.99. The smallest absolute Gasteiger partial charge is 0.336 e. The number of hydrogen-bond acceptors (Lipinski definition) is 3. The predicted molar refractivity (Wildman–Crippen MR) is 63.9 cm³/mol. The normalized spacial score (nSPS) is 15.1. The molecular weight excluding hydrogens is 218 g/mol. The molecule has 0 saturated carbocycles. The Morgan fingerprint density at radius 1 is 1.41 bits per heavy atom. The Balaban J connectivity index is 2.65. The molecule has 4 nitrogen and oxygen atoms in total. The van der Waals surface area contributed by atoms with Gasteiger partial charge in [-0.25, -0.2) is 4.79 Å². The van der Waals surface area contributed by atoms with Gasteiger partial charge < -0.3 is 9.32 Å². The van der Waals surface area contributed by atoms with E-state index in [2.05, 4.69) is 6.58 Å². The van der Waals surface area contributed by atoms with E-state index in [-0.39, 0.29) is 5.91 Å². The molecule has 4 heteroatoms. The van der Waals surface area contributed by atoms with Crippen LogP contribution in [0, 0.1) is 0 Å². The minimum absolute atomic E-state index is 0.112. The first-order valence-corrected chi connectivity index (χ1v) is 5.74. The lowest BCUT2D eigenvalue weighted by Crippen LogP contribution is -2.36. The zero-order chi connectivity index (χ0) is 12.6. The number of nitrogens with zero attached hydrogens (tertiary/aromatic N) is 1. The molecular formula is C13H15NO3. The largest absolute Gasteiger partial charge is 0.427 e. The number of carbonyl (C=O) groups is 1. The van der Waals surface area contributed by atoms with Crippen molar-refractivity contribution in [1.29, 1.82) is 0 Å². The van der Waals surface area contributed by atoms with Crippen LogP contribution in [0.2, 0.25) is 0 Å². The van der Waals surface area contributed by atoms with Gasteiger partial charge >= 0.3 is 5.63 Å². The van der Waals surface area contributed by atoms with Gasteiger partial charge in [-0.3, -0.25) is 4.79 Å². The molecule has 1 aromatic heterocycles. The Kier molecular flexibility index (Phi) is 2.88. The third kappa shape index (κ3) is 1.79. The third-order valence-electron chi connectivity index (χ3n) is 3.02. The standard InChI is InChI=1S/C13H15NO3/c1-4-9-7-11(15)17-10-6-8(3)14(5-2)13(16)12(9)10/h7H,3-6H2,1-2H3. The molecule has 1 aliphatic heterocycles. The molecule has 2 rings (SSSR count). The molecule has 0 fully saturated rings. The van der Waals surface area contributed by atoms with Gasteiger partial charge in [0.25, 0.3) is 5.91 Å². The molecule has 17 heavy (non-hydrogen) atoms. The van der Waals surface area contributed by atoms with Crippen LogP contribution in [-0.2, 0) is 12.8 Å². The molecule has 1 aromatic rings. The molecule has 90 valence electrons. The van der Waals surface area contributed by atoms with Crippen LogP contribution in [0.5, 0.6) is 0 Å². The minimum atomic E-state index is -0.397. The van der Waals surface area contributed by atoms with Gasteiger partial charge in [0.05, 0.1) is 5.56 Å². The molecule has 0 unspecified atom stereocenters. The van der Waals surface area contributed by atoms with Gasteiger partial charge in [-0.1, -0.05) is 13.5 Å². The average molecular weight is 233 g/mol. The van der Waals surface area contributed by atoms with Gasteiger partial charge in [-0.15, -0.1) is 0 Å². The van der Waals surface area contributed by atoms with Gasteiger partial charge in [-0.05, 0) is 18.9 Å². The first-order chi connectivity index (χ1) is 8.08. The number of rotatable bonds is 2. The van der Waals surface area contributed by atoms with E-state index >= 15 is 0 Å². The maximum absolute atomic E-state index is 12.3. The Morgan fingerprint density at radius 2 is 2.12 bits per heavy atom. The highest BCUT2D eigenvalue weighted by Gasteiger charge is 2.30. The molecule has 0 aliphatic carbocycles. The first-order valence-electron chi connectivity index (χ1n) is 5.74. The number of aryl methyl sites for hydroxylation is 1. The van der Waals surface area contributed by atoms with E-state index in [0.717, 1.165) is 5.56 Å². The second kappa shape index (κ2) is 4.20. The highest BCUT2D eigenvalue weighted by Crippen LogP contribution is 2.26. The van der Waals surface area contributed by atoms with E-state index < -0.39 is 5.63 Å². The van der Waals surface area contributed by atoms with E-state index in [4.69, 9.17) is 4.42 Å². The van der Waals surface area contributed by atoms with Gasteiger partial charge in [-0.2, -0.15) is 0 Å². The third-order valence-corrected chi connectivity index (χ3v) is 3.02. The molecule has 0 atom stereocenters. The summed E-state index contributed by atoms with van der Waals surface area (Å²) in [6, 6.07) is 1.40. The second-order valence-corrected chi connectivity index (χ2v) is 4.03. The van der Waals surface area contributed by atoms with Gasteiger partial charge in [0.1, 0.15) is 5.76 Å². The Labute approximate surface area is 99.5 Å². The molecule has 1 aliphatic rings. The summed E-state index contributed by atoms with van der Waals surface area (Å²) in [7, 11) is 0. The summed E-state index contributed by atoms with van der Waals surface area (Å²) in [5, 5.41) is 0.